The maximum atomic E-state index is 11.2. The number of aliphatic imine (C=N–C) groups is 1. The highest BCUT2D eigenvalue weighted by atomic mass is 16.3. The van der Waals surface area contributed by atoms with Gasteiger partial charge in [-0.15, -0.1) is 0 Å². The molecule has 1 atom stereocenters. The van der Waals surface area contributed by atoms with Crippen LogP contribution in [-0.2, 0) is 5.41 Å². The molecule has 3 rings (SSSR count). The van der Waals surface area contributed by atoms with E-state index < -0.39 is 0 Å². The van der Waals surface area contributed by atoms with Gasteiger partial charge < -0.3 is 10.2 Å². The Bertz CT molecular complexity index is 1060. The minimum Gasteiger partial charge on any atom is -0.507 e. The predicted octanol–water partition coefficient (Wildman–Crippen LogP) is 6.34. The van der Waals surface area contributed by atoms with E-state index in [0.717, 1.165) is 27.5 Å². The zero-order valence-electron chi connectivity index (χ0n) is 18.9. The first-order valence-electron chi connectivity index (χ1n) is 10.5. The van der Waals surface area contributed by atoms with Crippen LogP contribution in [-0.4, -0.2) is 29.1 Å². The molecule has 30 heavy (non-hydrogen) atoms. The molecule has 3 aromatic carbocycles. The van der Waals surface area contributed by atoms with Crippen LogP contribution in [0.3, 0.4) is 0 Å². The Morgan fingerprint density at radius 2 is 1.57 bits per heavy atom. The summed E-state index contributed by atoms with van der Waals surface area (Å²) in [4.78, 5) is 4.63. The largest absolute Gasteiger partial charge is 0.507 e. The fourth-order valence-corrected chi connectivity index (χ4v) is 3.57. The number of aliphatic hydroxyl groups excluding tert-OH is 1. The maximum Gasteiger partial charge on any atom is 0.132 e. The second-order valence-electron chi connectivity index (χ2n) is 10.1. The third kappa shape index (κ3) is 4.57. The minimum atomic E-state index is -0.240. The van der Waals surface area contributed by atoms with Crippen molar-refractivity contribution in [3.8, 4) is 16.9 Å². The van der Waals surface area contributed by atoms with Gasteiger partial charge in [-0.2, -0.15) is 0 Å². The molecule has 3 heteroatoms. The summed E-state index contributed by atoms with van der Waals surface area (Å²) in [6, 6.07) is 18.2. The fourth-order valence-electron chi connectivity index (χ4n) is 3.57. The van der Waals surface area contributed by atoms with Gasteiger partial charge in [-0.3, -0.25) is 4.99 Å². The van der Waals surface area contributed by atoms with Gasteiger partial charge in [0.25, 0.3) is 0 Å². The zero-order valence-corrected chi connectivity index (χ0v) is 18.9. The molecule has 0 heterocycles. The number of hydrogen-bond acceptors (Lipinski definition) is 3. The smallest absolute Gasteiger partial charge is 0.132 e. The Kier molecular flexibility index (Phi) is 6.05. The monoisotopic (exact) mass is 403 g/mol. The van der Waals surface area contributed by atoms with Gasteiger partial charge in [0.05, 0.1) is 12.6 Å². The molecule has 0 aromatic heterocycles. The van der Waals surface area contributed by atoms with Crippen molar-refractivity contribution in [2.45, 2.75) is 53.0 Å². The van der Waals surface area contributed by atoms with Crippen molar-refractivity contribution in [1.29, 1.82) is 0 Å². The van der Waals surface area contributed by atoms with Gasteiger partial charge in [-0.05, 0) is 44.9 Å². The Hall–Kier alpha value is -2.65. The first-order chi connectivity index (χ1) is 14.0. The molecule has 3 aromatic rings. The lowest BCUT2D eigenvalue weighted by Gasteiger charge is -2.25. The SMILES string of the molecule is CC(C)(C)c1cc(C=N[C@H](CO)C(C)(C)C)c(O)c(-c2cccc3ccccc23)c1. The van der Waals surface area contributed by atoms with Crippen LogP contribution in [0.25, 0.3) is 21.9 Å². The van der Waals surface area contributed by atoms with Gasteiger partial charge >= 0.3 is 0 Å². The molecule has 2 N–H and O–H groups in total. The van der Waals surface area contributed by atoms with E-state index in [0.29, 0.717) is 5.56 Å². The Morgan fingerprint density at radius 1 is 0.900 bits per heavy atom. The number of benzene rings is 3. The quantitative estimate of drug-likeness (QED) is 0.500. The van der Waals surface area contributed by atoms with E-state index in [1.165, 1.54) is 0 Å². The van der Waals surface area contributed by atoms with Crippen molar-refractivity contribution in [3.63, 3.8) is 0 Å². The second kappa shape index (κ2) is 8.23. The van der Waals surface area contributed by atoms with Gasteiger partial charge in [0.15, 0.2) is 0 Å². The zero-order chi connectivity index (χ0) is 22.1. The molecule has 0 aliphatic rings. The van der Waals surface area contributed by atoms with E-state index >= 15 is 0 Å². The van der Waals surface area contributed by atoms with E-state index in [4.69, 9.17) is 0 Å². The van der Waals surface area contributed by atoms with Crippen LogP contribution in [0.15, 0.2) is 59.6 Å². The van der Waals surface area contributed by atoms with Crippen LogP contribution in [0.5, 0.6) is 5.75 Å². The first-order valence-corrected chi connectivity index (χ1v) is 10.5. The molecule has 0 radical (unpaired) electrons. The number of aliphatic hydroxyl groups is 1. The van der Waals surface area contributed by atoms with Crippen LogP contribution in [0.4, 0.5) is 0 Å². The molecular formula is C27H33NO2. The lowest BCUT2D eigenvalue weighted by Crippen LogP contribution is -2.28. The van der Waals surface area contributed by atoms with Gasteiger partial charge in [0.1, 0.15) is 5.75 Å². The maximum absolute atomic E-state index is 11.2. The van der Waals surface area contributed by atoms with E-state index in [-0.39, 0.29) is 29.2 Å². The summed E-state index contributed by atoms with van der Waals surface area (Å²) in [6.45, 7) is 12.6. The van der Waals surface area contributed by atoms with Crippen LogP contribution >= 0.6 is 0 Å². The third-order valence-electron chi connectivity index (χ3n) is 5.65. The summed E-state index contributed by atoms with van der Waals surface area (Å²) in [7, 11) is 0. The summed E-state index contributed by atoms with van der Waals surface area (Å²) >= 11 is 0. The molecule has 0 fully saturated rings. The van der Waals surface area contributed by atoms with Gasteiger partial charge in [-0.1, -0.05) is 84.0 Å². The highest BCUT2D eigenvalue weighted by Gasteiger charge is 2.24. The molecule has 0 aliphatic heterocycles. The highest BCUT2D eigenvalue weighted by molar-refractivity contribution is 6.00. The molecule has 0 amide bonds. The predicted molar refractivity (Wildman–Crippen MR) is 128 cm³/mol. The van der Waals surface area contributed by atoms with Crippen molar-refractivity contribution in [2.75, 3.05) is 6.61 Å². The topological polar surface area (TPSA) is 52.8 Å². The molecule has 0 saturated heterocycles. The number of rotatable bonds is 4. The number of phenols is 1. The number of phenolic OH excluding ortho intramolecular Hbond substituents is 1. The van der Waals surface area contributed by atoms with Crippen molar-refractivity contribution < 1.29 is 10.2 Å². The number of aromatic hydroxyl groups is 1. The van der Waals surface area contributed by atoms with E-state index in [1.807, 2.05) is 24.3 Å². The van der Waals surface area contributed by atoms with Crippen LogP contribution in [0.2, 0.25) is 0 Å². The lowest BCUT2D eigenvalue weighted by atomic mass is 9.83. The molecule has 0 unspecified atom stereocenters. The van der Waals surface area contributed by atoms with E-state index in [2.05, 4.69) is 76.9 Å². The molecule has 0 spiro atoms. The summed E-state index contributed by atoms with van der Waals surface area (Å²) in [6.07, 6.45) is 1.71. The molecular weight excluding hydrogens is 370 g/mol. The van der Waals surface area contributed by atoms with Crippen molar-refractivity contribution in [3.05, 3.63) is 65.7 Å². The molecule has 0 aliphatic carbocycles. The second-order valence-corrected chi connectivity index (χ2v) is 10.1. The summed E-state index contributed by atoms with van der Waals surface area (Å²) < 4.78 is 0. The van der Waals surface area contributed by atoms with Crippen molar-refractivity contribution in [1.82, 2.24) is 0 Å². The number of nitrogens with zero attached hydrogens (tertiary/aromatic N) is 1. The fraction of sp³-hybridized carbons (Fsp3) is 0.370. The summed E-state index contributed by atoms with van der Waals surface area (Å²) in [5, 5.41) is 23.2. The number of fused-ring (bicyclic) bond motifs is 1. The van der Waals surface area contributed by atoms with Crippen LogP contribution < -0.4 is 0 Å². The number of hydrogen-bond donors (Lipinski definition) is 2. The van der Waals surface area contributed by atoms with E-state index in [9.17, 15) is 10.2 Å². The van der Waals surface area contributed by atoms with Crippen LogP contribution in [0, 0.1) is 5.41 Å². The Balaban J connectivity index is 2.23. The molecule has 3 nitrogen and oxygen atoms in total. The standard InChI is InChI=1S/C27H33NO2/c1-26(2,3)20-14-19(16-28-24(17-29)27(4,5)6)25(30)23(15-20)22-13-9-11-18-10-7-8-12-21(18)22/h7-16,24,29-30H,17H2,1-6H3/t24-/m1/s1. The lowest BCUT2D eigenvalue weighted by molar-refractivity contribution is 0.191. The minimum absolute atomic E-state index is 0.0318. The van der Waals surface area contributed by atoms with Crippen molar-refractivity contribution in [2.24, 2.45) is 10.4 Å². The van der Waals surface area contributed by atoms with Gasteiger partial charge in [0, 0.05) is 17.3 Å². The average Bonchev–Trinajstić information content (AvgIpc) is 2.67. The third-order valence-corrected chi connectivity index (χ3v) is 5.65. The average molecular weight is 404 g/mol. The Labute approximate surface area is 180 Å². The van der Waals surface area contributed by atoms with Gasteiger partial charge in [-0.25, -0.2) is 0 Å². The molecule has 0 bridgehead atoms. The van der Waals surface area contributed by atoms with Crippen LogP contribution in [0.1, 0.15) is 52.7 Å². The summed E-state index contributed by atoms with van der Waals surface area (Å²) in [5.74, 6) is 0.216. The Morgan fingerprint density at radius 3 is 2.20 bits per heavy atom. The normalized spacial score (nSPS) is 13.8. The van der Waals surface area contributed by atoms with Crippen molar-refractivity contribution >= 4 is 17.0 Å². The van der Waals surface area contributed by atoms with E-state index in [1.54, 1.807) is 6.21 Å². The summed E-state index contributed by atoms with van der Waals surface area (Å²) in [5.41, 5.74) is 3.35. The molecule has 0 saturated carbocycles. The van der Waals surface area contributed by atoms with Gasteiger partial charge in [0.2, 0.25) is 0 Å². The molecule has 158 valence electrons. The highest BCUT2D eigenvalue weighted by Crippen LogP contribution is 2.39. The first kappa shape index (κ1) is 22.0.